The van der Waals surface area contributed by atoms with Gasteiger partial charge in [-0.3, -0.25) is 0 Å². The van der Waals surface area contributed by atoms with Crippen molar-refractivity contribution in [2.75, 3.05) is 4.90 Å². The quantitative estimate of drug-likeness (QED) is 0.144. The summed E-state index contributed by atoms with van der Waals surface area (Å²) in [5.74, 6) is 0. The molecule has 0 fully saturated rings. The van der Waals surface area contributed by atoms with Crippen molar-refractivity contribution >= 4 is 71.2 Å². The number of hydrogen-bond donors (Lipinski definition) is 0. The molecule has 0 radical (unpaired) electrons. The lowest BCUT2D eigenvalue weighted by molar-refractivity contribution is 0.569. The molecule has 0 atom stereocenters. The van der Waals surface area contributed by atoms with E-state index in [9.17, 15) is 0 Å². The summed E-state index contributed by atoms with van der Waals surface area (Å²) in [5, 5.41) is 10.1. The highest BCUT2D eigenvalue weighted by molar-refractivity contribution is 6.28. The van der Waals surface area contributed by atoms with Crippen LogP contribution in [0, 0.1) is 0 Å². The Balaban J connectivity index is 1.11. The molecule has 2 heteroatoms. The molecule has 0 bridgehead atoms. The van der Waals surface area contributed by atoms with Gasteiger partial charge in [-0.05, 0) is 164 Å². The van der Waals surface area contributed by atoms with Crippen LogP contribution in [0.15, 0.2) is 194 Å². The van der Waals surface area contributed by atoms with Gasteiger partial charge < -0.3 is 9.47 Å². The maximum Gasteiger partial charge on any atom is 0.0541 e. The minimum Gasteiger partial charge on any atom is -0.309 e. The van der Waals surface area contributed by atoms with Crippen LogP contribution in [0.2, 0.25) is 0 Å². The molecule has 424 valence electrons. The second kappa shape index (κ2) is 19.8. The van der Waals surface area contributed by atoms with Crippen LogP contribution < -0.4 is 4.90 Å². The molecule has 1 aromatic heterocycles. The molecule has 2 nitrogen and oxygen atoms in total. The monoisotopic (exact) mass is 1100 g/mol. The normalized spacial score (nSPS) is 13.1. The van der Waals surface area contributed by atoms with Crippen LogP contribution in [-0.4, -0.2) is 4.57 Å². The molecule has 0 N–H and O–H groups in total. The SMILES string of the molecule is CC(C)(C)c1ccc(-c2cc(C(C)(C)C)ccc2N(c2ccccc2-c2ccc(-c3cc(C(C)(C)C)cc(C(C)(C)C)c3)cc2)c2ccc3ccc4c(-n5c6ccc(C(C)(C)C)cc6c6cc(C(C)(C)C)ccc65)ccc5ccc2c3c54)cc1. The van der Waals surface area contributed by atoms with Crippen LogP contribution in [0.25, 0.3) is 93.2 Å². The molecule has 12 rings (SSSR count). The summed E-state index contributed by atoms with van der Waals surface area (Å²) >= 11 is 0. The van der Waals surface area contributed by atoms with E-state index in [4.69, 9.17) is 0 Å². The summed E-state index contributed by atoms with van der Waals surface area (Å²) in [6.45, 7) is 41.7. The van der Waals surface area contributed by atoms with E-state index < -0.39 is 0 Å². The first kappa shape index (κ1) is 56.5. The minimum absolute atomic E-state index is 0.0101. The highest BCUT2D eigenvalue weighted by atomic mass is 15.1. The molecule has 0 saturated carbocycles. The zero-order valence-corrected chi connectivity index (χ0v) is 53.4. The number of fused-ring (bicyclic) bond motifs is 3. The largest absolute Gasteiger partial charge is 0.309 e. The molecule has 0 spiro atoms. The van der Waals surface area contributed by atoms with Crippen LogP contribution in [-0.2, 0) is 32.5 Å². The highest BCUT2D eigenvalue weighted by Crippen LogP contribution is 2.51. The molecular weight excluding hydrogens is 1010 g/mol. The van der Waals surface area contributed by atoms with Gasteiger partial charge in [-0.2, -0.15) is 0 Å². The molecular formula is C82H86N2. The number of aromatic nitrogens is 1. The summed E-state index contributed by atoms with van der Waals surface area (Å²) in [7, 11) is 0. The van der Waals surface area contributed by atoms with Gasteiger partial charge in [-0.15, -0.1) is 0 Å². The maximum absolute atomic E-state index is 2.59. The van der Waals surface area contributed by atoms with Gasteiger partial charge in [-0.25, -0.2) is 0 Å². The van der Waals surface area contributed by atoms with Crippen molar-refractivity contribution in [3.05, 3.63) is 228 Å². The molecule has 84 heavy (non-hydrogen) atoms. The number of anilines is 3. The second-order valence-corrected chi connectivity index (χ2v) is 30.4. The van der Waals surface area contributed by atoms with Crippen LogP contribution in [0.3, 0.4) is 0 Å². The number of benzene rings is 11. The van der Waals surface area contributed by atoms with Crippen molar-refractivity contribution in [2.24, 2.45) is 0 Å². The Morgan fingerprint density at radius 2 is 0.667 bits per heavy atom. The van der Waals surface area contributed by atoms with E-state index in [-0.39, 0.29) is 32.5 Å². The third-order valence-corrected chi connectivity index (χ3v) is 18.1. The number of para-hydroxylation sites is 1. The Morgan fingerprint density at radius 1 is 0.262 bits per heavy atom. The van der Waals surface area contributed by atoms with Crippen molar-refractivity contribution in [1.82, 2.24) is 4.57 Å². The number of rotatable bonds is 7. The Bertz CT molecular complexity index is 4390. The predicted molar refractivity (Wildman–Crippen MR) is 368 cm³/mol. The van der Waals surface area contributed by atoms with Crippen molar-refractivity contribution < 1.29 is 0 Å². The predicted octanol–water partition coefficient (Wildman–Crippen LogP) is 23.9. The molecule has 0 unspecified atom stereocenters. The Morgan fingerprint density at radius 3 is 1.21 bits per heavy atom. The lowest BCUT2D eigenvalue weighted by Crippen LogP contribution is -2.16. The van der Waals surface area contributed by atoms with Crippen LogP contribution in [0.4, 0.5) is 17.1 Å². The second-order valence-electron chi connectivity index (χ2n) is 30.4. The van der Waals surface area contributed by atoms with Crippen LogP contribution in [0.5, 0.6) is 0 Å². The van der Waals surface area contributed by atoms with E-state index in [2.05, 4.69) is 328 Å². The lowest BCUT2D eigenvalue weighted by Gasteiger charge is -2.32. The third kappa shape index (κ3) is 10.1. The third-order valence-electron chi connectivity index (χ3n) is 18.1. The maximum atomic E-state index is 2.59. The van der Waals surface area contributed by atoms with Gasteiger partial charge in [0.15, 0.2) is 0 Å². The van der Waals surface area contributed by atoms with E-state index in [1.807, 2.05) is 0 Å². The molecule has 0 aliphatic rings. The van der Waals surface area contributed by atoms with Gasteiger partial charge in [0.05, 0.1) is 33.8 Å². The van der Waals surface area contributed by atoms with E-state index in [1.165, 1.54) is 127 Å². The molecule has 0 aliphatic heterocycles. The van der Waals surface area contributed by atoms with E-state index in [0.29, 0.717) is 0 Å². The number of hydrogen-bond acceptors (Lipinski definition) is 1. The zero-order valence-electron chi connectivity index (χ0n) is 53.4. The number of nitrogens with zero attached hydrogens (tertiary/aromatic N) is 2. The van der Waals surface area contributed by atoms with E-state index >= 15 is 0 Å². The molecule has 11 aromatic carbocycles. The molecule has 0 saturated heterocycles. The Kier molecular flexibility index (Phi) is 13.4. The molecule has 1 heterocycles. The van der Waals surface area contributed by atoms with E-state index in [0.717, 1.165) is 17.1 Å². The zero-order chi connectivity index (χ0) is 59.8. The Labute approximate surface area is 501 Å². The van der Waals surface area contributed by atoms with Crippen molar-refractivity contribution in [3.63, 3.8) is 0 Å². The summed E-state index contributed by atoms with van der Waals surface area (Å²) in [5.41, 5.74) is 22.3. The fraction of sp³-hybridized carbons (Fsp3) is 0.293. The smallest absolute Gasteiger partial charge is 0.0541 e. The molecule has 0 amide bonds. The van der Waals surface area contributed by atoms with Gasteiger partial charge in [0.1, 0.15) is 0 Å². The fourth-order valence-corrected chi connectivity index (χ4v) is 12.8. The van der Waals surface area contributed by atoms with Crippen LogP contribution in [0.1, 0.15) is 158 Å². The molecule has 12 aromatic rings. The summed E-state index contributed by atoms with van der Waals surface area (Å²) in [4.78, 5) is 2.59. The molecule has 0 aliphatic carbocycles. The topological polar surface area (TPSA) is 8.17 Å². The highest BCUT2D eigenvalue weighted by Gasteiger charge is 2.29. The van der Waals surface area contributed by atoms with Crippen molar-refractivity contribution in [1.29, 1.82) is 0 Å². The summed E-state index contributed by atoms with van der Waals surface area (Å²) < 4.78 is 2.54. The van der Waals surface area contributed by atoms with Crippen molar-refractivity contribution in [3.8, 4) is 39.1 Å². The van der Waals surface area contributed by atoms with Gasteiger partial charge >= 0.3 is 0 Å². The summed E-state index contributed by atoms with van der Waals surface area (Å²) in [6.07, 6.45) is 0. The van der Waals surface area contributed by atoms with Gasteiger partial charge in [0.25, 0.3) is 0 Å². The fourth-order valence-electron chi connectivity index (χ4n) is 12.8. The summed E-state index contributed by atoms with van der Waals surface area (Å²) in [6, 6.07) is 75.6. The van der Waals surface area contributed by atoms with Gasteiger partial charge in [0.2, 0.25) is 0 Å². The Hall–Kier alpha value is -7.94. The first-order valence-corrected chi connectivity index (χ1v) is 30.7. The standard InChI is InChI=1S/C82H86N2/c1-77(2,3)57-33-27-53(28-34-57)66-48-58(78(4,5)6)35-42-72(66)83(69-22-20-19-21-63(69)52-25-23-51(24-26-52)56-45-61(81(13,14)15)47-62(46-56)82(16,17)18)70-40-31-54-30-39-65-71(41-32-55-29-38-64(70)75(54)76(55)65)84-73-43-36-59(79(7,8)9)49-67(73)68-50-60(80(10,11)12)37-44-74(68)84/h19-50H,1-18H3. The lowest BCUT2D eigenvalue weighted by atomic mass is 9.79. The van der Waals surface area contributed by atoms with Gasteiger partial charge in [0, 0.05) is 32.7 Å². The first-order chi connectivity index (χ1) is 39.4. The average Bonchev–Trinajstić information content (AvgIpc) is 1.49. The van der Waals surface area contributed by atoms with Gasteiger partial charge in [-0.1, -0.05) is 264 Å². The first-order valence-electron chi connectivity index (χ1n) is 30.7. The average molecular weight is 1100 g/mol. The van der Waals surface area contributed by atoms with Crippen molar-refractivity contribution in [2.45, 2.75) is 157 Å². The minimum atomic E-state index is -0.0754. The van der Waals surface area contributed by atoms with Crippen LogP contribution >= 0.6 is 0 Å². The van der Waals surface area contributed by atoms with E-state index in [1.54, 1.807) is 0 Å².